The molecule has 0 radical (unpaired) electrons. The van der Waals surface area contributed by atoms with Crippen LogP contribution in [0.5, 0.6) is 0 Å². The normalized spacial score (nSPS) is 27.8. The van der Waals surface area contributed by atoms with Crippen LogP contribution in [0.15, 0.2) is 6.33 Å². The number of aliphatic hydroxyl groups excluding tert-OH is 2. The predicted molar refractivity (Wildman–Crippen MR) is 83.8 cm³/mol. The lowest BCUT2D eigenvalue weighted by atomic mass is 10.1. The van der Waals surface area contributed by atoms with Gasteiger partial charge in [-0.3, -0.25) is 8.75 Å². The molecule has 3 rings (SSSR count). The first kappa shape index (κ1) is 17.2. The van der Waals surface area contributed by atoms with E-state index < -0.39 is 41.3 Å². The molecule has 1 saturated heterocycles. The first-order valence-corrected chi connectivity index (χ1v) is 8.98. The Morgan fingerprint density at radius 3 is 2.92 bits per heavy atom. The number of aromatic amines is 1. The van der Waals surface area contributed by atoms with Gasteiger partial charge < -0.3 is 25.7 Å². The molecular formula is C11H15N5O6S2. The van der Waals surface area contributed by atoms with E-state index in [1.54, 1.807) is 0 Å². The van der Waals surface area contributed by atoms with Crippen LogP contribution in [-0.2, 0) is 19.0 Å². The second kappa shape index (κ2) is 6.02. The lowest BCUT2D eigenvalue weighted by Gasteiger charge is -2.20. The minimum absolute atomic E-state index is 0.0343. The standard InChI is InChI=1S/C11H15N5O6S2/c1-24(19,20)22-7-6(18)4(2-17)21-10(7)16-3-13-5-8(16)14-11(12)15-9(5)23/h3-4,6-7,10,17-18H,2H2,1H3,(H3,12,14,15,23)/t4-,6+,7-,10-/m0/s1. The molecule has 2 aromatic heterocycles. The second-order valence-corrected chi connectivity index (χ2v) is 7.27. The number of nitrogens with two attached hydrogens (primary N) is 1. The highest BCUT2D eigenvalue weighted by atomic mass is 32.2. The monoisotopic (exact) mass is 377 g/mol. The molecule has 0 bridgehead atoms. The maximum absolute atomic E-state index is 11.5. The van der Waals surface area contributed by atoms with E-state index in [-0.39, 0.29) is 10.6 Å². The molecule has 0 aromatic carbocycles. The van der Waals surface area contributed by atoms with Crippen molar-refractivity contribution in [1.29, 1.82) is 0 Å². The molecule has 132 valence electrons. The van der Waals surface area contributed by atoms with Gasteiger partial charge in [-0.1, -0.05) is 12.2 Å². The molecule has 0 spiro atoms. The third-order valence-electron chi connectivity index (χ3n) is 3.52. The molecule has 11 nitrogen and oxygen atoms in total. The molecule has 1 aliphatic rings. The average Bonchev–Trinajstić information content (AvgIpc) is 3.00. The zero-order valence-corrected chi connectivity index (χ0v) is 14.0. The topological polar surface area (TPSA) is 166 Å². The highest BCUT2D eigenvalue weighted by Gasteiger charge is 2.47. The van der Waals surface area contributed by atoms with E-state index in [0.717, 1.165) is 6.26 Å². The third kappa shape index (κ3) is 3.01. The summed E-state index contributed by atoms with van der Waals surface area (Å²) in [7, 11) is -3.89. The van der Waals surface area contributed by atoms with Crippen LogP contribution in [0.4, 0.5) is 5.95 Å². The van der Waals surface area contributed by atoms with Crippen LogP contribution in [0.1, 0.15) is 6.23 Å². The van der Waals surface area contributed by atoms with Gasteiger partial charge in [0.2, 0.25) is 0 Å². The summed E-state index contributed by atoms with van der Waals surface area (Å²) >= 11 is 5.07. The fourth-order valence-electron chi connectivity index (χ4n) is 2.54. The van der Waals surface area contributed by atoms with Crippen LogP contribution in [0.3, 0.4) is 0 Å². The maximum atomic E-state index is 11.5. The Balaban J connectivity index is 2.10. The number of hydrogen-bond donors (Lipinski definition) is 4. The van der Waals surface area contributed by atoms with Crippen LogP contribution in [-0.4, -0.2) is 69.3 Å². The Kier molecular flexibility index (Phi) is 4.31. The summed E-state index contributed by atoms with van der Waals surface area (Å²) in [4.78, 5) is 10.7. The zero-order valence-electron chi connectivity index (χ0n) is 12.4. The van der Waals surface area contributed by atoms with E-state index in [9.17, 15) is 18.6 Å². The average molecular weight is 377 g/mol. The summed E-state index contributed by atoms with van der Waals surface area (Å²) in [5.41, 5.74) is 6.28. The van der Waals surface area contributed by atoms with Gasteiger partial charge in [-0.05, 0) is 0 Å². The van der Waals surface area contributed by atoms with Crippen LogP contribution < -0.4 is 5.73 Å². The molecule has 0 amide bonds. The van der Waals surface area contributed by atoms with Gasteiger partial charge in [0.15, 0.2) is 22.9 Å². The first-order chi connectivity index (χ1) is 11.2. The van der Waals surface area contributed by atoms with Crippen molar-refractivity contribution in [2.75, 3.05) is 18.6 Å². The van der Waals surface area contributed by atoms with Crippen LogP contribution >= 0.6 is 12.2 Å². The summed E-state index contributed by atoms with van der Waals surface area (Å²) in [6.07, 6.45) is -2.58. The van der Waals surface area contributed by atoms with Gasteiger partial charge in [0.05, 0.1) is 19.2 Å². The molecule has 0 unspecified atom stereocenters. The van der Waals surface area contributed by atoms with E-state index in [4.69, 9.17) is 26.9 Å². The van der Waals surface area contributed by atoms with Crippen molar-refractivity contribution in [2.45, 2.75) is 24.5 Å². The number of ether oxygens (including phenoxy) is 1. The van der Waals surface area contributed by atoms with E-state index in [1.807, 2.05) is 0 Å². The lowest BCUT2D eigenvalue weighted by molar-refractivity contribution is -0.0483. The highest BCUT2D eigenvalue weighted by Crippen LogP contribution is 2.34. The van der Waals surface area contributed by atoms with E-state index >= 15 is 0 Å². The van der Waals surface area contributed by atoms with E-state index in [0.29, 0.717) is 11.2 Å². The molecule has 4 atom stereocenters. The Bertz CT molecular complexity index is 925. The van der Waals surface area contributed by atoms with Gasteiger partial charge in [-0.25, -0.2) is 9.97 Å². The molecule has 24 heavy (non-hydrogen) atoms. The van der Waals surface area contributed by atoms with Crippen molar-refractivity contribution in [3.8, 4) is 0 Å². The Morgan fingerprint density at radius 1 is 1.58 bits per heavy atom. The fraction of sp³-hybridized carbons (Fsp3) is 0.545. The SMILES string of the molecule is CS(=O)(=O)O[C@H]1[C@H](O)[C@H](CO)O[C@@H]1n1cnc2c(=S)nc(N)[nH]c21. The summed E-state index contributed by atoms with van der Waals surface area (Å²) in [5.74, 6) is 0.0343. The molecule has 0 aliphatic carbocycles. The van der Waals surface area contributed by atoms with Gasteiger partial charge in [0.25, 0.3) is 10.1 Å². The van der Waals surface area contributed by atoms with Crippen molar-refractivity contribution in [3.63, 3.8) is 0 Å². The minimum Gasteiger partial charge on any atom is -0.394 e. The van der Waals surface area contributed by atoms with Gasteiger partial charge >= 0.3 is 0 Å². The predicted octanol–water partition coefficient (Wildman–Crippen LogP) is -1.33. The van der Waals surface area contributed by atoms with Gasteiger partial charge in [0, 0.05) is 0 Å². The molecule has 2 aromatic rings. The maximum Gasteiger partial charge on any atom is 0.264 e. The van der Waals surface area contributed by atoms with E-state index in [2.05, 4.69) is 15.0 Å². The summed E-state index contributed by atoms with van der Waals surface area (Å²) in [6.45, 7) is -0.520. The third-order valence-corrected chi connectivity index (χ3v) is 4.37. The molecule has 1 fully saturated rings. The summed E-state index contributed by atoms with van der Waals surface area (Å²) in [5, 5.41) is 19.5. The smallest absolute Gasteiger partial charge is 0.264 e. The number of aromatic nitrogens is 4. The fourth-order valence-corrected chi connectivity index (χ4v) is 3.40. The number of fused-ring (bicyclic) bond motifs is 1. The van der Waals surface area contributed by atoms with Gasteiger partial charge in [-0.2, -0.15) is 8.42 Å². The largest absolute Gasteiger partial charge is 0.394 e. The molecule has 13 heteroatoms. The molecular weight excluding hydrogens is 362 g/mol. The van der Waals surface area contributed by atoms with Gasteiger partial charge in [0.1, 0.15) is 23.4 Å². The number of nitrogens with zero attached hydrogens (tertiary/aromatic N) is 3. The number of nitrogens with one attached hydrogen (secondary N) is 1. The lowest BCUT2D eigenvalue weighted by Crippen LogP contribution is -2.36. The molecule has 0 saturated carbocycles. The van der Waals surface area contributed by atoms with Crippen molar-refractivity contribution in [1.82, 2.24) is 19.5 Å². The second-order valence-electron chi connectivity index (χ2n) is 5.28. The summed E-state index contributed by atoms with van der Waals surface area (Å²) < 4.78 is 35.0. The minimum atomic E-state index is -3.89. The summed E-state index contributed by atoms with van der Waals surface area (Å²) in [6, 6.07) is 0. The first-order valence-electron chi connectivity index (χ1n) is 6.76. The quantitative estimate of drug-likeness (QED) is 0.370. The van der Waals surface area contributed by atoms with Crippen LogP contribution in [0, 0.1) is 4.64 Å². The van der Waals surface area contributed by atoms with Crippen molar-refractivity contribution < 1.29 is 27.6 Å². The van der Waals surface area contributed by atoms with Crippen molar-refractivity contribution in [3.05, 3.63) is 11.0 Å². The highest BCUT2D eigenvalue weighted by molar-refractivity contribution is 7.86. The Labute approximate surface area is 141 Å². The number of imidazole rings is 1. The van der Waals surface area contributed by atoms with Crippen molar-refractivity contribution in [2.24, 2.45) is 0 Å². The number of hydrogen-bond acceptors (Lipinski definition) is 10. The molecule has 1 aliphatic heterocycles. The number of nitrogen functional groups attached to an aromatic ring is 1. The number of anilines is 1. The Hall–Kier alpha value is -1.64. The molecule has 3 heterocycles. The van der Waals surface area contributed by atoms with E-state index in [1.165, 1.54) is 10.9 Å². The van der Waals surface area contributed by atoms with Crippen LogP contribution in [0.25, 0.3) is 11.2 Å². The molecule has 5 N–H and O–H groups in total. The zero-order chi connectivity index (χ0) is 17.6. The number of H-pyrrole nitrogens is 1. The number of aliphatic hydroxyl groups is 2. The van der Waals surface area contributed by atoms with Gasteiger partial charge in [-0.15, -0.1) is 0 Å². The van der Waals surface area contributed by atoms with Crippen LogP contribution in [0.2, 0.25) is 0 Å². The van der Waals surface area contributed by atoms with Crippen molar-refractivity contribution >= 4 is 39.4 Å². The Morgan fingerprint density at radius 2 is 2.29 bits per heavy atom. The number of rotatable bonds is 4.